The van der Waals surface area contributed by atoms with Crippen LogP contribution in [-0.4, -0.2) is 4.57 Å². The Morgan fingerprint density at radius 2 is 0.912 bits per heavy atom. The molecule has 1 spiro atoms. The van der Waals surface area contributed by atoms with E-state index >= 15 is 0 Å². The molecule has 10 aromatic rings. The highest BCUT2D eigenvalue weighted by Crippen LogP contribution is 2.61. The van der Waals surface area contributed by atoms with E-state index in [1.54, 1.807) is 0 Å². The van der Waals surface area contributed by atoms with Crippen molar-refractivity contribution in [3.05, 3.63) is 241 Å². The SMILES string of the molecule is c1ccc(-c2ccccc2-c2ccccc2N(c2ccccc2)c2ccc3c(c2)-n2c4ccccc4c4cccc(c42)C32c3ccccc3-c3ccccc32)cc1. The van der Waals surface area contributed by atoms with Gasteiger partial charge in [0, 0.05) is 27.7 Å². The van der Waals surface area contributed by atoms with Crippen LogP contribution < -0.4 is 4.90 Å². The minimum Gasteiger partial charge on any atom is -0.310 e. The van der Waals surface area contributed by atoms with Gasteiger partial charge in [0.05, 0.1) is 27.8 Å². The van der Waals surface area contributed by atoms with Crippen LogP contribution in [0.25, 0.3) is 60.9 Å². The maximum absolute atomic E-state index is 2.55. The van der Waals surface area contributed by atoms with Crippen LogP contribution in [0.1, 0.15) is 22.3 Å². The molecule has 0 radical (unpaired) electrons. The van der Waals surface area contributed by atoms with Gasteiger partial charge in [-0.15, -0.1) is 0 Å². The Bertz CT molecular complexity index is 3150. The van der Waals surface area contributed by atoms with Crippen molar-refractivity contribution in [2.24, 2.45) is 0 Å². The number of anilines is 3. The second-order valence-electron chi connectivity index (χ2n) is 15.2. The second-order valence-corrected chi connectivity index (χ2v) is 15.2. The van der Waals surface area contributed by atoms with E-state index in [1.165, 1.54) is 83.1 Å². The number of aromatic nitrogens is 1. The van der Waals surface area contributed by atoms with Crippen LogP contribution in [0, 0.1) is 0 Å². The van der Waals surface area contributed by atoms with Gasteiger partial charge in [-0.1, -0.05) is 182 Å². The zero-order chi connectivity index (χ0) is 37.5. The third-order valence-electron chi connectivity index (χ3n) is 12.4. The third-order valence-corrected chi connectivity index (χ3v) is 12.4. The van der Waals surface area contributed by atoms with Crippen molar-refractivity contribution in [1.29, 1.82) is 0 Å². The first kappa shape index (κ1) is 31.9. The molecule has 2 aliphatic rings. The monoisotopic (exact) mass is 724 g/mol. The molecule has 9 aromatic carbocycles. The highest BCUT2D eigenvalue weighted by Gasteiger charge is 2.50. The van der Waals surface area contributed by atoms with Crippen LogP contribution in [0.15, 0.2) is 218 Å². The predicted octanol–water partition coefficient (Wildman–Crippen LogP) is 14.3. The van der Waals surface area contributed by atoms with Gasteiger partial charge in [0.2, 0.25) is 0 Å². The Morgan fingerprint density at radius 1 is 0.351 bits per heavy atom. The Morgan fingerprint density at radius 3 is 1.67 bits per heavy atom. The molecule has 12 rings (SSSR count). The molecule has 0 unspecified atom stereocenters. The minimum absolute atomic E-state index is 0.491. The topological polar surface area (TPSA) is 8.17 Å². The summed E-state index contributed by atoms with van der Waals surface area (Å²) in [6.07, 6.45) is 0. The molecular formula is C55H36N2. The van der Waals surface area contributed by atoms with E-state index in [2.05, 4.69) is 228 Å². The van der Waals surface area contributed by atoms with Gasteiger partial charge in [0.1, 0.15) is 0 Å². The number of fused-ring (bicyclic) bond motifs is 12. The van der Waals surface area contributed by atoms with E-state index in [-0.39, 0.29) is 0 Å². The highest BCUT2D eigenvalue weighted by molar-refractivity contribution is 6.13. The summed E-state index contributed by atoms with van der Waals surface area (Å²) in [6, 6.07) is 80.5. The molecule has 1 aromatic heterocycles. The maximum Gasteiger partial charge on any atom is 0.0754 e. The van der Waals surface area contributed by atoms with Crippen molar-refractivity contribution in [2.75, 3.05) is 4.90 Å². The van der Waals surface area contributed by atoms with Crippen molar-refractivity contribution < 1.29 is 0 Å². The van der Waals surface area contributed by atoms with Gasteiger partial charge in [0.15, 0.2) is 0 Å². The van der Waals surface area contributed by atoms with Crippen LogP contribution in [0.2, 0.25) is 0 Å². The maximum atomic E-state index is 2.55. The molecule has 0 saturated heterocycles. The summed E-state index contributed by atoms with van der Waals surface area (Å²) in [4.78, 5) is 2.45. The van der Waals surface area contributed by atoms with E-state index < -0.39 is 5.41 Å². The molecule has 0 N–H and O–H groups in total. The lowest BCUT2D eigenvalue weighted by molar-refractivity contribution is 0.748. The summed E-state index contributed by atoms with van der Waals surface area (Å²) in [5.41, 5.74) is 19.2. The Labute approximate surface area is 332 Å². The van der Waals surface area contributed by atoms with Crippen molar-refractivity contribution in [2.45, 2.75) is 5.41 Å². The largest absolute Gasteiger partial charge is 0.310 e. The smallest absolute Gasteiger partial charge is 0.0754 e. The molecule has 0 atom stereocenters. The lowest BCUT2D eigenvalue weighted by Gasteiger charge is -2.40. The summed E-state index contributed by atoms with van der Waals surface area (Å²) < 4.78 is 2.55. The predicted molar refractivity (Wildman–Crippen MR) is 237 cm³/mol. The number of rotatable bonds is 5. The van der Waals surface area contributed by atoms with Gasteiger partial charge in [-0.25, -0.2) is 0 Å². The molecular weight excluding hydrogens is 689 g/mol. The fourth-order valence-electron chi connectivity index (χ4n) is 10.2. The van der Waals surface area contributed by atoms with Gasteiger partial charge in [-0.2, -0.15) is 0 Å². The molecule has 2 nitrogen and oxygen atoms in total. The first-order chi connectivity index (χ1) is 28.3. The van der Waals surface area contributed by atoms with E-state index in [4.69, 9.17) is 0 Å². The average Bonchev–Trinajstić information content (AvgIpc) is 3.78. The fourth-order valence-corrected chi connectivity index (χ4v) is 10.2. The van der Waals surface area contributed by atoms with Crippen LogP contribution in [-0.2, 0) is 5.41 Å². The summed E-state index contributed by atoms with van der Waals surface area (Å²) >= 11 is 0. The summed E-state index contributed by atoms with van der Waals surface area (Å²) in [6.45, 7) is 0. The highest BCUT2D eigenvalue weighted by atomic mass is 15.1. The molecule has 57 heavy (non-hydrogen) atoms. The normalized spacial score (nSPS) is 13.1. The van der Waals surface area contributed by atoms with Crippen molar-refractivity contribution in [3.63, 3.8) is 0 Å². The van der Waals surface area contributed by atoms with E-state index in [0.717, 1.165) is 17.1 Å². The van der Waals surface area contributed by atoms with E-state index in [0.29, 0.717) is 0 Å². The quantitative estimate of drug-likeness (QED) is 0.172. The third kappa shape index (κ3) is 4.41. The first-order valence-corrected chi connectivity index (χ1v) is 19.8. The lowest BCUT2D eigenvalue weighted by Crippen LogP contribution is -2.33. The zero-order valence-electron chi connectivity index (χ0n) is 31.2. The van der Waals surface area contributed by atoms with Crippen LogP contribution >= 0.6 is 0 Å². The molecule has 2 heteroatoms. The van der Waals surface area contributed by atoms with E-state index in [1.807, 2.05) is 0 Å². The molecule has 0 amide bonds. The van der Waals surface area contributed by atoms with Gasteiger partial charge in [-0.05, 0) is 86.5 Å². The number of nitrogens with zero attached hydrogens (tertiary/aromatic N) is 2. The first-order valence-electron chi connectivity index (χ1n) is 19.8. The fraction of sp³-hybridized carbons (Fsp3) is 0.0182. The Kier molecular flexibility index (Phi) is 6.88. The van der Waals surface area contributed by atoms with Crippen molar-refractivity contribution >= 4 is 38.9 Å². The molecule has 2 heterocycles. The Hall–Kier alpha value is -7.42. The van der Waals surface area contributed by atoms with Crippen molar-refractivity contribution in [3.8, 4) is 39.1 Å². The Balaban J connectivity index is 1.18. The van der Waals surface area contributed by atoms with Crippen LogP contribution in [0.4, 0.5) is 17.1 Å². The average molecular weight is 725 g/mol. The molecule has 0 bridgehead atoms. The zero-order valence-corrected chi connectivity index (χ0v) is 31.2. The molecule has 266 valence electrons. The summed E-state index contributed by atoms with van der Waals surface area (Å²) in [5.74, 6) is 0. The van der Waals surface area contributed by atoms with Crippen LogP contribution in [0.3, 0.4) is 0 Å². The van der Waals surface area contributed by atoms with Gasteiger partial charge in [-0.3, -0.25) is 0 Å². The second kappa shape index (κ2) is 12.3. The molecule has 1 aliphatic carbocycles. The van der Waals surface area contributed by atoms with Gasteiger partial charge < -0.3 is 9.47 Å². The molecule has 1 aliphatic heterocycles. The molecule has 0 saturated carbocycles. The summed E-state index contributed by atoms with van der Waals surface area (Å²) in [5, 5.41) is 2.55. The van der Waals surface area contributed by atoms with Crippen molar-refractivity contribution in [1.82, 2.24) is 4.57 Å². The number of hydrogen-bond donors (Lipinski definition) is 0. The van der Waals surface area contributed by atoms with Crippen LogP contribution in [0.5, 0.6) is 0 Å². The molecule has 0 fully saturated rings. The number of benzene rings is 9. The number of hydrogen-bond acceptors (Lipinski definition) is 1. The van der Waals surface area contributed by atoms with Gasteiger partial charge in [0.25, 0.3) is 0 Å². The van der Waals surface area contributed by atoms with E-state index in [9.17, 15) is 0 Å². The van der Waals surface area contributed by atoms with Gasteiger partial charge >= 0.3 is 0 Å². The minimum atomic E-state index is -0.491. The number of para-hydroxylation sites is 4. The standard InChI is InChI=1S/C55H36N2/c1-3-18-37(19-4-1)40-22-7-8-23-41(40)44-26-11-15-32-51(44)56(38-20-5-2-6-21-38)39-34-35-49-53(36-39)57-52-33-16-12-27-45(52)46-28-17-31-50(54(46)57)55(49)47-29-13-9-24-42(47)43-25-10-14-30-48(43)55/h1-36H. The lowest BCUT2D eigenvalue weighted by atomic mass is 9.65. The summed E-state index contributed by atoms with van der Waals surface area (Å²) in [7, 11) is 0.